The molecule has 3 saturated heterocycles. The zero-order valence-corrected chi connectivity index (χ0v) is 34.4. The number of ketones is 2. The summed E-state index contributed by atoms with van der Waals surface area (Å²) in [6.45, 7) is 13.2. The van der Waals surface area contributed by atoms with Crippen LogP contribution in [-0.2, 0) is 38.1 Å². The van der Waals surface area contributed by atoms with Crippen LogP contribution in [0.4, 0.5) is 9.18 Å². The average molecular weight is 798 g/mol. The first-order valence-electron chi connectivity index (χ1n) is 19.6. The molecule has 2 aromatic rings. The summed E-state index contributed by atoms with van der Waals surface area (Å²) in [4.78, 5) is 57.2. The number of halogens is 1. The van der Waals surface area contributed by atoms with E-state index in [4.69, 9.17) is 28.2 Å². The number of ether oxygens (including phenoxy) is 5. The second-order valence-corrected chi connectivity index (χ2v) is 16.4. The number of likely N-dealkylation sites (N-methyl/N-ethyl adjacent to an activating group) is 1. The van der Waals surface area contributed by atoms with Gasteiger partial charge in [0.15, 0.2) is 17.7 Å². The van der Waals surface area contributed by atoms with Gasteiger partial charge in [-0.15, -0.1) is 0 Å². The van der Waals surface area contributed by atoms with E-state index in [-0.39, 0.29) is 49.0 Å². The molecule has 15 heteroatoms. The molecule has 0 unspecified atom stereocenters. The first-order valence-corrected chi connectivity index (χ1v) is 19.6. The molecule has 14 nitrogen and oxygen atoms in total. The minimum absolute atomic E-state index is 0.000905. The number of carbonyl (C=O) groups is 4. The summed E-state index contributed by atoms with van der Waals surface area (Å²) in [5, 5.41) is 18.3. The van der Waals surface area contributed by atoms with Gasteiger partial charge in [0.05, 0.1) is 23.9 Å². The molecule has 0 spiro atoms. The summed E-state index contributed by atoms with van der Waals surface area (Å²) in [6, 6.07) is 6.15. The Morgan fingerprint density at radius 2 is 1.72 bits per heavy atom. The third-order valence-corrected chi connectivity index (χ3v) is 11.8. The number of Topliss-reactive ketones (excluding diaryl/α,β-unsaturated/α-hetero) is 2. The fourth-order valence-electron chi connectivity index (χ4n) is 8.54. The maximum absolute atomic E-state index is 14.4. The zero-order chi connectivity index (χ0) is 42.0. The molecule has 57 heavy (non-hydrogen) atoms. The smallest absolute Gasteiger partial charge is 0.408 e. The van der Waals surface area contributed by atoms with Gasteiger partial charge in [0.1, 0.15) is 42.0 Å². The SMILES string of the molecule is CC[C@@H]1OC(=O)[C@H](C)C(=O)[C@H](C)[C@@H](O[C@@H]2O[C@H](C)C[C@H](N(C)C)[C@H]2O)[C@@](C)(OCC#Cc2cc(-c3ccc(F)cc3)no2)C[C@@H](C)C(=O)[C@@H](C)[C@H]2NC(=O)O[C@]12C. The number of aromatic nitrogens is 1. The molecule has 0 radical (unpaired) electrons. The maximum atomic E-state index is 14.4. The number of hydrogen-bond acceptors (Lipinski definition) is 13. The van der Waals surface area contributed by atoms with E-state index in [9.17, 15) is 28.7 Å². The molecule has 2 N–H and O–H groups in total. The van der Waals surface area contributed by atoms with Crippen molar-refractivity contribution in [1.29, 1.82) is 0 Å². The van der Waals surface area contributed by atoms with Crippen LogP contribution in [0.1, 0.15) is 80.4 Å². The molecule has 0 bridgehead atoms. The van der Waals surface area contributed by atoms with Crippen molar-refractivity contribution in [2.45, 2.75) is 129 Å². The molecule has 4 heterocycles. The predicted octanol–water partition coefficient (Wildman–Crippen LogP) is 4.69. The lowest BCUT2D eigenvalue weighted by Gasteiger charge is -2.47. The molecule has 1 amide bonds. The highest BCUT2D eigenvalue weighted by molar-refractivity contribution is 6.00. The highest BCUT2D eigenvalue weighted by Gasteiger charge is 2.57. The van der Waals surface area contributed by atoms with Crippen molar-refractivity contribution < 1.29 is 56.9 Å². The van der Waals surface area contributed by atoms with Crippen molar-refractivity contribution >= 4 is 23.6 Å². The number of amides is 1. The number of carbonyl (C=O) groups excluding carboxylic acids is 4. The van der Waals surface area contributed by atoms with Gasteiger partial charge in [0.25, 0.3) is 0 Å². The van der Waals surface area contributed by atoms with Gasteiger partial charge in [0, 0.05) is 35.4 Å². The standard InChI is InChI=1S/C42H56FN3O11/c1-11-32-42(8)36(44-40(51)56-42)24(4)33(47)22(2)21-41(7,52-18-12-13-29-20-30(45-57-29)27-14-16-28(43)17-15-27)37(25(5)34(48)26(6)38(50)54-32)55-39-35(49)31(46(9)10)19-23(3)53-39/h14-17,20,22-26,31-32,35-37,39,49H,11,18-19,21H2,1-10H3,(H,44,51)/t22-,23-,24-,25+,26-,31+,32+,35-,36-,37-,39+,41+,42-/m1/s1. The molecule has 1 aromatic carbocycles. The molecular formula is C42H56FN3O11. The number of esters is 1. The highest BCUT2D eigenvalue weighted by atomic mass is 19.1. The number of nitrogens with zero attached hydrogens (tertiary/aromatic N) is 2. The van der Waals surface area contributed by atoms with Crippen molar-refractivity contribution in [1.82, 2.24) is 15.4 Å². The molecular weight excluding hydrogens is 741 g/mol. The first-order chi connectivity index (χ1) is 26.8. The van der Waals surface area contributed by atoms with Gasteiger partial charge in [-0.05, 0) is 91.2 Å². The Morgan fingerprint density at radius 1 is 1.04 bits per heavy atom. The van der Waals surface area contributed by atoms with Crippen molar-refractivity contribution in [3.05, 3.63) is 41.9 Å². The number of alkyl carbamates (subject to hydrolysis) is 1. The number of benzene rings is 1. The molecule has 3 aliphatic rings. The Balaban J connectivity index is 1.54. The Kier molecular flexibility index (Phi) is 13.7. The van der Waals surface area contributed by atoms with E-state index in [0.29, 0.717) is 17.7 Å². The second-order valence-electron chi connectivity index (χ2n) is 16.4. The second kappa shape index (κ2) is 17.7. The van der Waals surface area contributed by atoms with E-state index >= 15 is 0 Å². The monoisotopic (exact) mass is 797 g/mol. The van der Waals surface area contributed by atoms with E-state index in [2.05, 4.69) is 22.3 Å². The number of fused-ring (bicyclic) bond motifs is 1. The normalized spacial score (nSPS) is 36.7. The van der Waals surface area contributed by atoms with Crippen molar-refractivity contribution in [2.75, 3.05) is 20.7 Å². The van der Waals surface area contributed by atoms with E-state index in [1.165, 1.54) is 19.1 Å². The summed E-state index contributed by atoms with van der Waals surface area (Å²) in [7, 11) is 3.68. The van der Waals surface area contributed by atoms with Crippen molar-refractivity contribution in [3.63, 3.8) is 0 Å². The summed E-state index contributed by atoms with van der Waals surface area (Å²) in [6.07, 6.45) is -4.83. The quantitative estimate of drug-likeness (QED) is 0.224. The fourth-order valence-corrected chi connectivity index (χ4v) is 8.54. The van der Waals surface area contributed by atoms with Crippen LogP contribution >= 0.6 is 0 Å². The average Bonchev–Trinajstić information content (AvgIpc) is 3.77. The van der Waals surface area contributed by atoms with Gasteiger partial charge < -0.3 is 43.5 Å². The van der Waals surface area contributed by atoms with Gasteiger partial charge in [-0.2, -0.15) is 0 Å². The lowest BCUT2D eigenvalue weighted by atomic mass is 9.73. The van der Waals surface area contributed by atoms with Crippen LogP contribution in [0.15, 0.2) is 34.9 Å². The first kappa shape index (κ1) is 43.9. The van der Waals surface area contributed by atoms with Crippen molar-refractivity contribution in [2.24, 2.45) is 23.7 Å². The minimum Gasteiger partial charge on any atom is -0.458 e. The van der Waals surface area contributed by atoms with Gasteiger partial charge in [0.2, 0.25) is 5.76 Å². The molecule has 5 rings (SSSR count). The summed E-state index contributed by atoms with van der Waals surface area (Å²) in [5.41, 5.74) is -1.81. The van der Waals surface area contributed by atoms with Crippen LogP contribution in [-0.4, -0.2) is 113 Å². The number of aliphatic hydroxyl groups excluding tert-OH is 1. The van der Waals surface area contributed by atoms with Gasteiger partial charge in [-0.25, -0.2) is 9.18 Å². The maximum Gasteiger partial charge on any atom is 0.408 e. The number of aliphatic hydroxyl groups is 1. The van der Waals surface area contributed by atoms with Crippen LogP contribution in [0, 0.1) is 41.3 Å². The fraction of sp³-hybridized carbons (Fsp3) is 0.643. The summed E-state index contributed by atoms with van der Waals surface area (Å²) < 4.78 is 49.9. The zero-order valence-electron chi connectivity index (χ0n) is 34.4. The summed E-state index contributed by atoms with van der Waals surface area (Å²) in [5.74, 6) is 0.116. The molecule has 312 valence electrons. The largest absolute Gasteiger partial charge is 0.458 e. The highest BCUT2D eigenvalue weighted by Crippen LogP contribution is 2.40. The van der Waals surface area contributed by atoms with Crippen LogP contribution in [0.25, 0.3) is 11.3 Å². The van der Waals surface area contributed by atoms with Crippen molar-refractivity contribution in [3.8, 4) is 23.1 Å². The van der Waals surface area contributed by atoms with E-state index in [0.717, 1.165) is 0 Å². The Hall–Kier alpha value is -4.20. The predicted molar refractivity (Wildman–Crippen MR) is 204 cm³/mol. The molecule has 0 aliphatic carbocycles. The van der Waals surface area contributed by atoms with E-state index in [1.807, 2.05) is 25.9 Å². The third kappa shape index (κ3) is 9.42. The number of nitrogens with one attached hydrogen (secondary N) is 1. The van der Waals surface area contributed by atoms with Crippen LogP contribution < -0.4 is 5.32 Å². The third-order valence-electron chi connectivity index (χ3n) is 11.8. The van der Waals surface area contributed by atoms with E-state index < -0.39 is 83.4 Å². The molecule has 3 fully saturated rings. The molecule has 13 atom stereocenters. The number of rotatable bonds is 7. The Bertz CT molecular complexity index is 1840. The summed E-state index contributed by atoms with van der Waals surface area (Å²) >= 11 is 0. The van der Waals surface area contributed by atoms with Gasteiger partial charge in [-0.1, -0.05) is 38.8 Å². The van der Waals surface area contributed by atoms with Crippen LogP contribution in [0.5, 0.6) is 0 Å². The van der Waals surface area contributed by atoms with Crippen LogP contribution in [0.3, 0.4) is 0 Å². The molecule has 1 aromatic heterocycles. The molecule has 3 aliphatic heterocycles. The topological polar surface area (TPSA) is 176 Å². The number of cyclic esters (lactones) is 1. The Morgan fingerprint density at radius 3 is 2.37 bits per heavy atom. The number of hydrogen-bond donors (Lipinski definition) is 2. The minimum atomic E-state index is -1.48. The van der Waals surface area contributed by atoms with Crippen LogP contribution in [0.2, 0.25) is 0 Å². The lowest BCUT2D eigenvalue weighted by molar-refractivity contribution is -0.296. The van der Waals surface area contributed by atoms with Gasteiger partial charge >= 0.3 is 12.1 Å². The van der Waals surface area contributed by atoms with E-state index in [1.54, 1.807) is 59.7 Å². The molecule has 0 saturated carbocycles. The van der Waals surface area contributed by atoms with Gasteiger partial charge in [-0.3, -0.25) is 14.4 Å². The lowest BCUT2D eigenvalue weighted by Crippen LogP contribution is -2.60. The Labute approximate surface area is 333 Å².